The van der Waals surface area contributed by atoms with E-state index >= 15 is 0 Å². The van der Waals surface area contributed by atoms with Crippen LogP contribution in [-0.4, -0.2) is 23.2 Å². The van der Waals surface area contributed by atoms with Gasteiger partial charge in [-0.15, -0.1) is 0 Å². The van der Waals surface area contributed by atoms with Crippen molar-refractivity contribution in [3.8, 4) is 0 Å². The summed E-state index contributed by atoms with van der Waals surface area (Å²) >= 11 is 4.27. The lowest BCUT2D eigenvalue weighted by Gasteiger charge is -2.33. The van der Waals surface area contributed by atoms with Crippen molar-refractivity contribution in [2.45, 2.75) is 20.8 Å². The van der Waals surface area contributed by atoms with Crippen molar-refractivity contribution in [1.29, 1.82) is 0 Å². The summed E-state index contributed by atoms with van der Waals surface area (Å²) in [5.74, 6) is 1.03. The van der Waals surface area contributed by atoms with E-state index in [1.807, 2.05) is 11.2 Å². The largest absolute Gasteiger partial charge is 0.307 e. The first-order valence-electron chi connectivity index (χ1n) is 3.49. The van der Waals surface area contributed by atoms with Gasteiger partial charge in [-0.25, -0.2) is 0 Å². The van der Waals surface area contributed by atoms with Gasteiger partial charge in [-0.3, -0.25) is 4.99 Å². The Hall–Kier alpha value is -0.180. The average Bonchev–Trinajstić information content (AvgIpc) is 1.79. The van der Waals surface area contributed by atoms with Crippen molar-refractivity contribution >= 4 is 18.7 Å². The second-order valence-electron chi connectivity index (χ2n) is 3.59. The Labute approximate surface area is 67.9 Å². The molecular formula is C7H14N2S. The molecule has 0 aromatic heterocycles. The number of hydrogen-bond acceptors (Lipinski definition) is 3. The summed E-state index contributed by atoms with van der Waals surface area (Å²) in [6.45, 7) is 8.31. The maximum atomic E-state index is 4.33. The maximum absolute atomic E-state index is 4.33. The summed E-state index contributed by atoms with van der Waals surface area (Å²) < 4.78 is 1.91. The molecule has 0 aliphatic carbocycles. The van der Waals surface area contributed by atoms with Gasteiger partial charge in [0.25, 0.3) is 0 Å². The fourth-order valence-corrected chi connectivity index (χ4v) is 1.43. The van der Waals surface area contributed by atoms with Crippen LogP contribution in [-0.2, 0) is 0 Å². The quantitative estimate of drug-likeness (QED) is 0.529. The Morgan fingerprint density at radius 2 is 2.20 bits per heavy atom. The van der Waals surface area contributed by atoms with Gasteiger partial charge in [0.1, 0.15) is 5.84 Å². The van der Waals surface area contributed by atoms with Gasteiger partial charge in [0.05, 0.1) is 0 Å². The summed E-state index contributed by atoms with van der Waals surface area (Å²) in [7, 11) is 0. The van der Waals surface area contributed by atoms with Gasteiger partial charge >= 0.3 is 0 Å². The van der Waals surface area contributed by atoms with Gasteiger partial charge in [0.2, 0.25) is 0 Å². The van der Waals surface area contributed by atoms with E-state index in [1.54, 1.807) is 0 Å². The third-order valence-corrected chi connectivity index (χ3v) is 2.12. The van der Waals surface area contributed by atoms with E-state index in [1.165, 1.54) is 0 Å². The highest BCUT2D eigenvalue weighted by Crippen LogP contribution is 2.22. The minimum absolute atomic E-state index is 0.293. The molecule has 0 bridgehead atoms. The predicted molar refractivity (Wildman–Crippen MR) is 47.4 cm³/mol. The first kappa shape index (κ1) is 7.92. The molecule has 0 aromatic carbocycles. The first-order valence-corrected chi connectivity index (χ1v) is 3.89. The second kappa shape index (κ2) is 2.46. The van der Waals surface area contributed by atoms with Crippen LogP contribution in [0.2, 0.25) is 0 Å². The topological polar surface area (TPSA) is 15.6 Å². The Bertz CT molecular complexity index is 163. The van der Waals surface area contributed by atoms with E-state index in [4.69, 9.17) is 0 Å². The monoisotopic (exact) mass is 158 g/mol. The van der Waals surface area contributed by atoms with Crippen LogP contribution >= 0.6 is 12.8 Å². The van der Waals surface area contributed by atoms with Crippen LogP contribution < -0.4 is 0 Å². The van der Waals surface area contributed by atoms with Crippen molar-refractivity contribution in [1.82, 2.24) is 4.31 Å². The lowest BCUT2D eigenvalue weighted by atomic mass is 9.92. The summed E-state index contributed by atoms with van der Waals surface area (Å²) in [5, 5.41) is 0. The third-order valence-electron chi connectivity index (χ3n) is 1.69. The van der Waals surface area contributed by atoms with Crippen LogP contribution in [0.25, 0.3) is 0 Å². The molecule has 10 heavy (non-hydrogen) atoms. The molecule has 2 nitrogen and oxygen atoms in total. The number of thiol groups is 1. The molecule has 0 N–H and O–H groups in total. The van der Waals surface area contributed by atoms with Gasteiger partial charge in [-0.2, -0.15) is 0 Å². The molecule has 1 heterocycles. The SMILES string of the molecule is CC1=NCC(C)(C)CN1S. The van der Waals surface area contributed by atoms with E-state index in [2.05, 4.69) is 31.7 Å². The number of rotatable bonds is 0. The maximum Gasteiger partial charge on any atom is 0.105 e. The third kappa shape index (κ3) is 1.66. The summed E-state index contributed by atoms with van der Waals surface area (Å²) in [5.41, 5.74) is 0.293. The molecule has 0 unspecified atom stereocenters. The average molecular weight is 158 g/mol. The molecule has 0 saturated carbocycles. The summed E-state index contributed by atoms with van der Waals surface area (Å²) in [6, 6.07) is 0. The highest BCUT2D eigenvalue weighted by Gasteiger charge is 2.24. The molecule has 1 aliphatic heterocycles. The first-order chi connectivity index (χ1) is 4.51. The Morgan fingerprint density at radius 3 is 2.60 bits per heavy atom. The van der Waals surface area contributed by atoms with E-state index in [0.29, 0.717) is 5.41 Å². The van der Waals surface area contributed by atoms with Gasteiger partial charge in [0.15, 0.2) is 0 Å². The van der Waals surface area contributed by atoms with E-state index < -0.39 is 0 Å². The van der Waals surface area contributed by atoms with Crippen LogP contribution in [0.4, 0.5) is 0 Å². The Balaban J connectivity index is 2.69. The van der Waals surface area contributed by atoms with E-state index in [-0.39, 0.29) is 0 Å². The molecule has 0 radical (unpaired) electrons. The lowest BCUT2D eigenvalue weighted by molar-refractivity contribution is 0.314. The van der Waals surface area contributed by atoms with Crippen molar-refractivity contribution in [2.75, 3.05) is 13.1 Å². The highest BCUT2D eigenvalue weighted by molar-refractivity contribution is 7.78. The molecule has 1 rings (SSSR count). The van der Waals surface area contributed by atoms with Gasteiger partial charge in [0, 0.05) is 18.5 Å². The molecule has 58 valence electrons. The minimum atomic E-state index is 0.293. The normalized spacial score (nSPS) is 24.4. The molecule has 0 atom stereocenters. The number of amidine groups is 1. The molecule has 0 saturated heterocycles. The van der Waals surface area contributed by atoms with Crippen LogP contribution in [0, 0.1) is 5.41 Å². The molecule has 1 aliphatic rings. The van der Waals surface area contributed by atoms with Gasteiger partial charge < -0.3 is 4.31 Å². The van der Waals surface area contributed by atoms with Gasteiger partial charge in [-0.1, -0.05) is 26.7 Å². The second-order valence-corrected chi connectivity index (χ2v) is 4.07. The Morgan fingerprint density at radius 1 is 1.60 bits per heavy atom. The molecule has 3 heteroatoms. The summed E-state index contributed by atoms with van der Waals surface area (Å²) in [6.07, 6.45) is 0. The van der Waals surface area contributed by atoms with Crippen molar-refractivity contribution in [2.24, 2.45) is 10.4 Å². The lowest BCUT2D eigenvalue weighted by Crippen LogP contribution is -2.38. The zero-order valence-corrected chi connectivity index (χ0v) is 7.65. The fraction of sp³-hybridized carbons (Fsp3) is 0.857. The molecule has 0 fully saturated rings. The van der Waals surface area contributed by atoms with Crippen LogP contribution in [0.5, 0.6) is 0 Å². The smallest absolute Gasteiger partial charge is 0.105 e. The van der Waals surface area contributed by atoms with Crippen molar-refractivity contribution < 1.29 is 0 Å². The number of nitrogens with zero attached hydrogens (tertiary/aromatic N) is 2. The standard InChI is InChI=1S/C7H14N2S/c1-6-8-4-7(2,3)5-9(6)10/h10H,4-5H2,1-3H3. The van der Waals surface area contributed by atoms with E-state index in [0.717, 1.165) is 18.9 Å². The van der Waals surface area contributed by atoms with Crippen molar-refractivity contribution in [3.63, 3.8) is 0 Å². The minimum Gasteiger partial charge on any atom is -0.307 e. The van der Waals surface area contributed by atoms with Crippen LogP contribution in [0.15, 0.2) is 4.99 Å². The number of aliphatic imine (C=N–C) groups is 1. The Kier molecular flexibility index (Phi) is 1.95. The molecule has 0 aromatic rings. The molecule has 0 amide bonds. The van der Waals surface area contributed by atoms with Crippen molar-refractivity contribution in [3.05, 3.63) is 0 Å². The van der Waals surface area contributed by atoms with Gasteiger partial charge in [-0.05, 0) is 6.92 Å². The van der Waals surface area contributed by atoms with Crippen LogP contribution in [0.1, 0.15) is 20.8 Å². The van der Waals surface area contributed by atoms with E-state index in [9.17, 15) is 0 Å². The zero-order chi connectivity index (χ0) is 7.78. The number of hydrogen-bond donors (Lipinski definition) is 1. The fourth-order valence-electron chi connectivity index (χ4n) is 0.980. The summed E-state index contributed by atoms with van der Waals surface area (Å²) in [4.78, 5) is 4.33. The predicted octanol–water partition coefficient (Wildman–Crippen LogP) is 1.59. The molecule has 0 spiro atoms. The van der Waals surface area contributed by atoms with Crippen LogP contribution in [0.3, 0.4) is 0 Å². The highest BCUT2D eigenvalue weighted by atomic mass is 32.1. The molecular weight excluding hydrogens is 144 g/mol. The zero-order valence-electron chi connectivity index (χ0n) is 6.76.